The number of ether oxygens (including phenoxy) is 1. The number of sulfonamides is 1. The van der Waals surface area contributed by atoms with E-state index in [1.807, 2.05) is 0 Å². The van der Waals surface area contributed by atoms with Crippen molar-refractivity contribution in [2.45, 2.75) is 12.8 Å². The Kier molecular flexibility index (Phi) is 5.08. The topological polar surface area (TPSA) is 76.6 Å². The van der Waals surface area contributed by atoms with E-state index >= 15 is 0 Å². The average molecular weight is 272 g/mol. The van der Waals surface area contributed by atoms with E-state index in [0.717, 1.165) is 4.31 Å². The maximum atomic E-state index is 11.9. The van der Waals surface area contributed by atoms with Crippen LogP contribution in [0.4, 0.5) is 5.82 Å². The summed E-state index contributed by atoms with van der Waals surface area (Å²) < 4.78 is 29.4. The lowest BCUT2D eigenvalue weighted by molar-refractivity contribution is -0.140. The minimum Gasteiger partial charge on any atom is -0.469 e. The average Bonchev–Trinajstić information content (AvgIpc) is 2.38. The Morgan fingerprint density at radius 1 is 1.44 bits per heavy atom. The fraction of sp³-hybridized carbons (Fsp3) is 0.455. The van der Waals surface area contributed by atoms with Crippen molar-refractivity contribution in [3.05, 3.63) is 24.4 Å². The summed E-state index contributed by atoms with van der Waals surface area (Å²) >= 11 is 0. The molecule has 18 heavy (non-hydrogen) atoms. The van der Waals surface area contributed by atoms with Gasteiger partial charge in [0.25, 0.3) is 0 Å². The summed E-state index contributed by atoms with van der Waals surface area (Å²) in [5.74, 6) is -0.170. The van der Waals surface area contributed by atoms with Gasteiger partial charge >= 0.3 is 5.97 Å². The van der Waals surface area contributed by atoms with E-state index in [2.05, 4.69) is 9.72 Å². The first-order valence-electron chi connectivity index (χ1n) is 5.42. The summed E-state index contributed by atoms with van der Waals surface area (Å²) in [7, 11) is -0.739. The molecule has 0 aliphatic carbocycles. The lowest BCUT2D eigenvalue weighted by atomic mass is 10.3. The number of anilines is 1. The first-order chi connectivity index (χ1) is 8.47. The molecule has 0 bridgehead atoms. The first kappa shape index (κ1) is 14.4. The van der Waals surface area contributed by atoms with E-state index in [1.165, 1.54) is 20.4 Å². The molecule has 0 unspecified atom stereocenters. The summed E-state index contributed by atoms with van der Waals surface area (Å²) in [6.07, 6.45) is 1.84. The number of rotatable bonds is 6. The third-order valence-electron chi connectivity index (χ3n) is 2.40. The van der Waals surface area contributed by atoms with Gasteiger partial charge in [-0.2, -0.15) is 0 Å². The number of hydrogen-bond acceptors (Lipinski definition) is 5. The summed E-state index contributed by atoms with van der Waals surface area (Å²) in [6, 6.07) is 5.03. The maximum absolute atomic E-state index is 11.9. The van der Waals surface area contributed by atoms with Crippen LogP contribution in [0.1, 0.15) is 12.8 Å². The van der Waals surface area contributed by atoms with Crippen molar-refractivity contribution in [1.29, 1.82) is 0 Å². The zero-order valence-electron chi connectivity index (χ0n) is 10.4. The van der Waals surface area contributed by atoms with Gasteiger partial charge in [0.05, 0.1) is 12.9 Å². The molecule has 0 amide bonds. The second-order valence-electron chi connectivity index (χ2n) is 3.65. The van der Waals surface area contributed by atoms with Crippen molar-refractivity contribution in [3.8, 4) is 0 Å². The van der Waals surface area contributed by atoms with Crippen LogP contribution in [0.15, 0.2) is 24.4 Å². The van der Waals surface area contributed by atoms with E-state index in [1.54, 1.807) is 18.2 Å². The lowest BCUT2D eigenvalue weighted by Gasteiger charge is -2.17. The van der Waals surface area contributed by atoms with E-state index in [-0.39, 0.29) is 18.6 Å². The van der Waals surface area contributed by atoms with Gasteiger partial charge in [-0.05, 0) is 18.6 Å². The van der Waals surface area contributed by atoms with Gasteiger partial charge in [-0.25, -0.2) is 13.4 Å². The molecule has 0 aliphatic rings. The molecule has 0 fully saturated rings. The zero-order chi connectivity index (χ0) is 13.6. The fourth-order valence-electron chi connectivity index (χ4n) is 1.32. The molecule has 0 saturated carbocycles. The van der Waals surface area contributed by atoms with Crippen LogP contribution in [0.5, 0.6) is 0 Å². The fourth-order valence-corrected chi connectivity index (χ4v) is 2.50. The van der Waals surface area contributed by atoms with Crippen molar-refractivity contribution in [2.24, 2.45) is 0 Å². The molecule has 0 N–H and O–H groups in total. The van der Waals surface area contributed by atoms with E-state index in [9.17, 15) is 13.2 Å². The quantitative estimate of drug-likeness (QED) is 0.716. The molecule has 6 nitrogen and oxygen atoms in total. The molecule has 0 radical (unpaired) electrons. The second-order valence-corrected chi connectivity index (χ2v) is 5.77. The van der Waals surface area contributed by atoms with Crippen molar-refractivity contribution in [1.82, 2.24) is 4.98 Å². The van der Waals surface area contributed by atoms with Crippen LogP contribution >= 0.6 is 0 Å². The number of hydrogen-bond donors (Lipinski definition) is 0. The third kappa shape index (κ3) is 3.99. The molecule has 1 heterocycles. The van der Waals surface area contributed by atoms with Crippen LogP contribution in [0.3, 0.4) is 0 Å². The minimum absolute atomic E-state index is 0.0891. The molecule has 0 saturated heterocycles. The minimum atomic E-state index is -3.45. The van der Waals surface area contributed by atoms with Gasteiger partial charge in [-0.15, -0.1) is 0 Å². The number of pyridine rings is 1. The molecule has 1 aromatic rings. The predicted octanol–water partition coefficient (Wildman–Crippen LogP) is 0.801. The van der Waals surface area contributed by atoms with Crippen LogP contribution < -0.4 is 4.31 Å². The predicted molar refractivity (Wildman–Crippen MR) is 67.7 cm³/mol. The molecule has 0 spiro atoms. The van der Waals surface area contributed by atoms with Crippen LogP contribution in [0.25, 0.3) is 0 Å². The molecule has 0 aromatic carbocycles. The smallest absolute Gasteiger partial charge is 0.305 e. The van der Waals surface area contributed by atoms with Gasteiger partial charge in [0.2, 0.25) is 10.0 Å². The summed E-state index contributed by atoms with van der Waals surface area (Å²) in [6.45, 7) is 0. The molecular formula is C11H16N2O4S. The zero-order valence-corrected chi connectivity index (χ0v) is 11.2. The number of methoxy groups -OCH3 is 1. The third-order valence-corrected chi connectivity index (χ3v) is 4.23. The highest BCUT2D eigenvalue weighted by Crippen LogP contribution is 2.13. The largest absolute Gasteiger partial charge is 0.469 e. The van der Waals surface area contributed by atoms with Crippen molar-refractivity contribution < 1.29 is 17.9 Å². The Hall–Kier alpha value is -1.63. The monoisotopic (exact) mass is 272 g/mol. The van der Waals surface area contributed by atoms with E-state index in [0.29, 0.717) is 5.82 Å². The Morgan fingerprint density at radius 2 is 2.17 bits per heavy atom. The highest BCUT2D eigenvalue weighted by atomic mass is 32.2. The summed E-state index contributed by atoms with van der Waals surface area (Å²) in [5.41, 5.74) is 0. The normalized spacial score (nSPS) is 11.0. The standard InChI is InChI=1S/C11H16N2O4S/c1-13(10-6-3-4-8-12-10)18(15,16)9-5-7-11(14)17-2/h3-4,6,8H,5,7,9H2,1-2H3. The van der Waals surface area contributed by atoms with Gasteiger partial charge in [0.1, 0.15) is 5.82 Å². The van der Waals surface area contributed by atoms with Gasteiger partial charge in [0.15, 0.2) is 0 Å². The molecule has 0 aliphatic heterocycles. The Balaban J connectivity index is 2.61. The summed E-state index contributed by atoms with van der Waals surface area (Å²) in [5, 5.41) is 0. The Labute approximate surface area is 107 Å². The summed E-state index contributed by atoms with van der Waals surface area (Å²) in [4.78, 5) is 14.9. The lowest BCUT2D eigenvalue weighted by Crippen LogP contribution is -2.29. The number of carbonyl (C=O) groups is 1. The van der Waals surface area contributed by atoms with Crippen LogP contribution in [0.2, 0.25) is 0 Å². The Bertz CT molecular complexity index is 487. The van der Waals surface area contributed by atoms with Crippen LogP contribution in [-0.2, 0) is 19.6 Å². The van der Waals surface area contributed by atoms with Gasteiger partial charge in [-0.3, -0.25) is 9.10 Å². The van der Waals surface area contributed by atoms with E-state index < -0.39 is 16.0 Å². The molecule has 1 aromatic heterocycles. The SMILES string of the molecule is COC(=O)CCCS(=O)(=O)N(C)c1ccccn1. The van der Waals surface area contributed by atoms with Gasteiger partial charge in [0, 0.05) is 19.7 Å². The molecule has 1 rings (SSSR count). The van der Waals surface area contributed by atoms with E-state index in [4.69, 9.17) is 0 Å². The molecule has 100 valence electrons. The van der Waals surface area contributed by atoms with Crippen molar-refractivity contribution >= 4 is 21.8 Å². The highest BCUT2D eigenvalue weighted by Gasteiger charge is 2.19. The van der Waals surface area contributed by atoms with Crippen molar-refractivity contribution in [2.75, 3.05) is 24.2 Å². The van der Waals surface area contributed by atoms with Crippen LogP contribution in [-0.4, -0.2) is 39.3 Å². The van der Waals surface area contributed by atoms with Crippen molar-refractivity contribution in [3.63, 3.8) is 0 Å². The molecule has 0 atom stereocenters. The highest BCUT2D eigenvalue weighted by molar-refractivity contribution is 7.92. The van der Waals surface area contributed by atoms with Gasteiger partial charge < -0.3 is 4.74 Å². The first-order valence-corrected chi connectivity index (χ1v) is 7.03. The number of carbonyl (C=O) groups excluding carboxylic acids is 1. The maximum Gasteiger partial charge on any atom is 0.305 e. The number of esters is 1. The Morgan fingerprint density at radius 3 is 2.72 bits per heavy atom. The molecular weight excluding hydrogens is 256 g/mol. The van der Waals surface area contributed by atoms with Crippen LogP contribution in [0, 0.1) is 0 Å². The van der Waals surface area contributed by atoms with Gasteiger partial charge in [-0.1, -0.05) is 6.07 Å². The second kappa shape index (κ2) is 6.34. The number of aromatic nitrogens is 1. The molecule has 7 heteroatoms. The number of nitrogens with zero attached hydrogens (tertiary/aromatic N) is 2.